The zero-order valence-electron chi connectivity index (χ0n) is 16.4. The summed E-state index contributed by atoms with van der Waals surface area (Å²) in [6.45, 7) is 4.67. The minimum Gasteiger partial charge on any atom is -0.321 e. The summed E-state index contributed by atoms with van der Waals surface area (Å²) in [5.41, 5.74) is -0.966. The SMILES string of the molecule is Fc1ccc2c(c1)nc(C(F)(F)F)c1nc(-c3cccs3)n(CCN3CCNCC3)c12. The number of fused-ring (bicyclic) bond motifs is 3. The monoisotopic (exact) mass is 449 g/mol. The highest BCUT2D eigenvalue weighted by Gasteiger charge is 2.37. The molecule has 5 nitrogen and oxygen atoms in total. The maximum absolute atomic E-state index is 13.9. The Kier molecular flexibility index (Phi) is 5.15. The topological polar surface area (TPSA) is 46.0 Å². The highest BCUT2D eigenvalue weighted by atomic mass is 32.1. The highest BCUT2D eigenvalue weighted by molar-refractivity contribution is 7.13. The van der Waals surface area contributed by atoms with Crippen LogP contribution in [0.15, 0.2) is 35.7 Å². The molecule has 0 unspecified atom stereocenters. The third kappa shape index (κ3) is 3.79. The van der Waals surface area contributed by atoms with E-state index >= 15 is 0 Å². The lowest BCUT2D eigenvalue weighted by atomic mass is 10.1. The van der Waals surface area contributed by atoms with Crippen molar-refractivity contribution in [2.24, 2.45) is 0 Å². The van der Waals surface area contributed by atoms with Gasteiger partial charge in [-0.3, -0.25) is 4.90 Å². The summed E-state index contributed by atoms with van der Waals surface area (Å²) in [5, 5.41) is 5.62. The smallest absolute Gasteiger partial charge is 0.321 e. The van der Waals surface area contributed by atoms with Gasteiger partial charge in [-0.15, -0.1) is 11.3 Å². The summed E-state index contributed by atoms with van der Waals surface area (Å²) in [5.74, 6) is -0.151. The maximum atomic E-state index is 13.9. The molecule has 1 saturated heterocycles. The number of aromatic nitrogens is 3. The van der Waals surface area contributed by atoms with Crippen LogP contribution in [0.4, 0.5) is 17.6 Å². The molecule has 1 aromatic carbocycles. The molecule has 4 aromatic rings. The molecule has 0 aliphatic carbocycles. The van der Waals surface area contributed by atoms with Gasteiger partial charge in [-0.25, -0.2) is 14.4 Å². The van der Waals surface area contributed by atoms with E-state index in [9.17, 15) is 17.6 Å². The predicted octanol–water partition coefficient (Wildman–Crippen LogP) is 4.38. The van der Waals surface area contributed by atoms with E-state index in [0.717, 1.165) is 37.1 Å². The van der Waals surface area contributed by atoms with E-state index in [0.29, 0.717) is 29.8 Å². The van der Waals surface area contributed by atoms with E-state index in [4.69, 9.17) is 0 Å². The Hall–Kier alpha value is -2.56. The summed E-state index contributed by atoms with van der Waals surface area (Å²) in [4.78, 5) is 11.2. The Morgan fingerprint density at radius 3 is 2.58 bits per heavy atom. The van der Waals surface area contributed by atoms with Crippen LogP contribution in [0.1, 0.15) is 5.69 Å². The van der Waals surface area contributed by atoms with Gasteiger partial charge in [-0.2, -0.15) is 13.2 Å². The van der Waals surface area contributed by atoms with Crippen LogP contribution in [0.2, 0.25) is 0 Å². The van der Waals surface area contributed by atoms with E-state index in [1.807, 2.05) is 22.1 Å². The molecule has 3 aromatic heterocycles. The second-order valence-electron chi connectivity index (χ2n) is 7.47. The highest BCUT2D eigenvalue weighted by Crippen LogP contribution is 2.39. The van der Waals surface area contributed by atoms with Crippen LogP contribution in [0.5, 0.6) is 0 Å². The van der Waals surface area contributed by atoms with Crippen LogP contribution >= 0.6 is 11.3 Å². The van der Waals surface area contributed by atoms with E-state index in [2.05, 4.69) is 20.2 Å². The first-order chi connectivity index (χ1) is 14.9. The first kappa shape index (κ1) is 20.3. The number of thiophene rings is 1. The van der Waals surface area contributed by atoms with Crippen LogP contribution in [0.3, 0.4) is 0 Å². The van der Waals surface area contributed by atoms with Crippen molar-refractivity contribution in [1.29, 1.82) is 0 Å². The maximum Gasteiger partial charge on any atom is 0.435 e. The molecule has 0 saturated carbocycles. The molecule has 0 bridgehead atoms. The fourth-order valence-corrected chi connectivity index (χ4v) is 4.77. The first-order valence-corrected chi connectivity index (χ1v) is 10.8. The second-order valence-corrected chi connectivity index (χ2v) is 8.42. The van der Waals surface area contributed by atoms with E-state index in [1.54, 1.807) is 0 Å². The summed E-state index contributed by atoms with van der Waals surface area (Å²) >= 11 is 1.42. The Balaban J connectivity index is 1.75. The summed E-state index contributed by atoms with van der Waals surface area (Å²) in [6, 6.07) is 7.46. The summed E-state index contributed by atoms with van der Waals surface area (Å²) in [7, 11) is 0. The third-order valence-corrected chi connectivity index (χ3v) is 6.36. The van der Waals surface area contributed by atoms with Crippen molar-refractivity contribution in [2.75, 3.05) is 32.7 Å². The Bertz CT molecular complexity index is 1230. The van der Waals surface area contributed by atoms with E-state index < -0.39 is 17.7 Å². The number of nitrogens with zero attached hydrogens (tertiary/aromatic N) is 4. The number of hydrogen-bond donors (Lipinski definition) is 1. The number of halogens is 4. The van der Waals surface area contributed by atoms with Crippen molar-refractivity contribution in [3.8, 4) is 10.7 Å². The summed E-state index contributed by atoms with van der Waals surface area (Å²) < 4.78 is 57.3. The molecule has 10 heteroatoms. The van der Waals surface area contributed by atoms with Crippen LogP contribution < -0.4 is 5.32 Å². The standard InChI is InChI=1S/C21H19F4N5S/c22-13-3-4-14-15(12-13)27-19(21(23,24)25)17-18(14)30(10-9-29-7-5-26-6-8-29)20(28-17)16-2-1-11-31-16/h1-4,11-12,26H,5-10H2. The van der Waals surface area contributed by atoms with Gasteiger partial charge in [-0.05, 0) is 23.6 Å². The molecule has 4 heterocycles. The average Bonchev–Trinajstić information content (AvgIpc) is 3.39. The molecule has 0 atom stereocenters. The fraction of sp³-hybridized carbons (Fsp3) is 0.333. The number of nitrogens with one attached hydrogen (secondary N) is 1. The fourth-order valence-electron chi connectivity index (χ4n) is 4.05. The van der Waals surface area contributed by atoms with Crippen molar-refractivity contribution in [3.05, 3.63) is 47.2 Å². The van der Waals surface area contributed by atoms with Crippen LogP contribution in [0.25, 0.3) is 32.6 Å². The van der Waals surface area contributed by atoms with Crippen molar-refractivity contribution in [2.45, 2.75) is 12.7 Å². The minimum absolute atomic E-state index is 0.0270. The van der Waals surface area contributed by atoms with Gasteiger partial charge in [0.15, 0.2) is 11.5 Å². The Morgan fingerprint density at radius 2 is 1.87 bits per heavy atom. The van der Waals surface area contributed by atoms with Gasteiger partial charge in [0.25, 0.3) is 0 Å². The Labute approximate surface area is 179 Å². The molecule has 1 fully saturated rings. The Morgan fingerprint density at radius 1 is 1.06 bits per heavy atom. The van der Waals surface area contributed by atoms with Gasteiger partial charge in [-0.1, -0.05) is 6.07 Å². The molecule has 0 amide bonds. The molecule has 0 radical (unpaired) electrons. The van der Waals surface area contributed by atoms with Gasteiger partial charge < -0.3 is 9.88 Å². The lowest BCUT2D eigenvalue weighted by molar-refractivity contribution is -0.139. The molecule has 0 spiro atoms. The number of hydrogen-bond acceptors (Lipinski definition) is 5. The van der Waals surface area contributed by atoms with Crippen LogP contribution in [-0.2, 0) is 12.7 Å². The van der Waals surface area contributed by atoms with E-state index in [1.165, 1.54) is 23.5 Å². The lowest BCUT2D eigenvalue weighted by Crippen LogP contribution is -2.44. The summed E-state index contributed by atoms with van der Waals surface area (Å²) in [6.07, 6.45) is -4.71. The molecular formula is C21H19F4N5S. The average molecular weight is 449 g/mol. The molecule has 1 aliphatic rings. The molecule has 1 aliphatic heterocycles. The third-order valence-electron chi connectivity index (χ3n) is 5.50. The molecule has 1 N–H and O–H groups in total. The van der Waals surface area contributed by atoms with Crippen molar-refractivity contribution in [3.63, 3.8) is 0 Å². The predicted molar refractivity (Wildman–Crippen MR) is 113 cm³/mol. The first-order valence-electron chi connectivity index (χ1n) is 9.95. The second kappa shape index (κ2) is 7.85. The van der Waals surface area contributed by atoms with Crippen LogP contribution in [-0.4, -0.2) is 52.2 Å². The van der Waals surface area contributed by atoms with Gasteiger partial charge >= 0.3 is 6.18 Å². The number of rotatable bonds is 4. The zero-order chi connectivity index (χ0) is 21.6. The van der Waals surface area contributed by atoms with Crippen molar-refractivity contribution < 1.29 is 17.6 Å². The molecule has 5 rings (SSSR count). The van der Waals surface area contributed by atoms with Gasteiger partial charge in [0.2, 0.25) is 0 Å². The molecule has 162 valence electrons. The lowest BCUT2D eigenvalue weighted by Gasteiger charge is -2.27. The van der Waals surface area contributed by atoms with Crippen molar-refractivity contribution in [1.82, 2.24) is 24.8 Å². The van der Waals surface area contributed by atoms with Gasteiger partial charge in [0, 0.05) is 50.7 Å². The van der Waals surface area contributed by atoms with Gasteiger partial charge in [0.1, 0.15) is 11.3 Å². The quantitative estimate of drug-likeness (QED) is 0.470. The van der Waals surface area contributed by atoms with Gasteiger partial charge in [0.05, 0.1) is 15.9 Å². The normalized spacial score (nSPS) is 15.9. The van der Waals surface area contributed by atoms with E-state index in [-0.39, 0.29) is 11.0 Å². The number of imidazole rings is 1. The molecular weight excluding hydrogens is 430 g/mol. The zero-order valence-corrected chi connectivity index (χ0v) is 17.2. The number of piperazine rings is 1. The number of pyridine rings is 1. The minimum atomic E-state index is -4.71. The number of benzene rings is 1. The van der Waals surface area contributed by atoms with Crippen LogP contribution in [0, 0.1) is 5.82 Å². The largest absolute Gasteiger partial charge is 0.435 e. The molecule has 31 heavy (non-hydrogen) atoms. The number of alkyl halides is 3. The van der Waals surface area contributed by atoms with Crippen molar-refractivity contribution >= 4 is 33.3 Å².